The summed E-state index contributed by atoms with van der Waals surface area (Å²) in [6.45, 7) is 6.64. The van der Waals surface area contributed by atoms with Crippen LogP contribution in [0.5, 0.6) is 0 Å². The molecule has 0 atom stereocenters. The number of alkyl halides is 1. The van der Waals surface area contributed by atoms with Crippen LogP contribution in [-0.4, -0.2) is 40.2 Å². The third kappa shape index (κ3) is 5.42. The number of hydrogen-bond acceptors (Lipinski definition) is 5. The lowest BCUT2D eigenvalue weighted by atomic mass is 9.97. The van der Waals surface area contributed by atoms with Crippen molar-refractivity contribution in [2.24, 2.45) is 0 Å². The molecular formula is C22H26F2N6O. The summed E-state index contributed by atoms with van der Waals surface area (Å²) >= 11 is 0. The van der Waals surface area contributed by atoms with Gasteiger partial charge in [-0.15, -0.1) is 0 Å². The van der Waals surface area contributed by atoms with Crippen molar-refractivity contribution < 1.29 is 13.6 Å². The number of carbonyl (C=O) groups excluding carboxylic acids is 1. The molecule has 2 amide bonds. The second-order valence-electron chi connectivity index (χ2n) is 7.97. The summed E-state index contributed by atoms with van der Waals surface area (Å²) in [5, 5.41) is 8.67. The Balaban J connectivity index is 1.90. The number of fused-ring (bicyclic) bond motifs is 1. The van der Waals surface area contributed by atoms with Crippen molar-refractivity contribution >= 4 is 28.7 Å². The molecule has 0 saturated heterocycles. The van der Waals surface area contributed by atoms with Gasteiger partial charge in [-0.2, -0.15) is 4.98 Å². The fourth-order valence-electron chi connectivity index (χ4n) is 3.14. The summed E-state index contributed by atoms with van der Waals surface area (Å²) in [6, 6.07) is 4.23. The van der Waals surface area contributed by atoms with Crippen molar-refractivity contribution in [3.63, 3.8) is 0 Å². The van der Waals surface area contributed by atoms with Crippen LogP contribution in [0.2, 0.25) is 0 Å². The van der Waals surface area contributed by atoms with Crippen molar-refractivity contribution in [1.82, 2.24) is 20.3 Å². The molecule has 0 aliphatic rings. The average molecular weight is 428 g/mol. The van der Waals surface area contributed by atoms with Gasteiger partial charge in [0.25, 0.3) is 0 Å². The van der Waals surface area contributed by atoms with Gasteiger partial charge in [0.05, 0.1) is 5.69 Å². The minimum Gasteiger partial charge on any atom is -0.357 e. The first-order valence-electron chi connectivity index (χ1n) is 9.94. The standard InChI is InChI=1S/C22H26F2N6O/c1-12-8-17(23)18(29-21(31)26-7-6-22(3,4)24)10-15(12)16-9-14-11-27-20(25-5)30-19(14)28-13(16)2/h8-11H,6-7H2,1-5H3,(H2,26,29,31)(H,25,27,28,30). The molecule has 0 aliphatic heterocycles. The number of anilines is 2. The molecule has 0 spiro atoms. The minimum atomic E-state index is -1.40. The van der Waals surface area contributed by atoms with E-state index in [2.05, 4.69) is 30.9 Å². The molecule has 0 aliphatic carbocycles. The third-order valence-electron chi connectivity index (χ3n) is 4.84. The lowest BCUT2D eigenvalue weighted by Crippen LogP contribution is -2.32. The van der Waals surface area contributed by atoms with Crippen LogP contribution >= 0.6 is 0 Å². The summed E-state index contributed by atoms with van der Waals surface area (Å²) in [5.41, 5.74) is 2.10. The van der Waals surface area contributed by atoms with Crippen LogP contribution in [0, 0.1) is 19.7 Å². The fourth-order valence-corrected chi connectivity index (χ4v) is 3.14. The van der Waals surface area contributed by atoms with Gasteiger partial charge in [0.15, 0.2) is 5.65 Å². The molecule has 0 saturated carbocycles. The van der Waals surface area contributed by atoms with E-state index in [9.17, 15) is 13.6 Å². The maximum Gasteiger partial charge on any atom is 0.319 e. The number of urea groups is 1. The van der Waals surface area contributed by atoms with E-state index in [0.29, 0.717) is 22.9 Å². The number of carbonyl (C=O) groups is 1. The van der Waals surface area contributed by atoms with E-state index in [1.165, 1.54) is 19.9 Å². The molecule has 3 N–H and O–H groups in total. The monoisotopic (exact) mass is 428 g/mol. The summed E-state index contributed by atoms with van der Waals surface area (Å²) < 4.78 is 28.1. The Labute approximate surface area is 179 Å². The van der Waals surface area contributed by atoms with Crippen molar-refractivity contribution in [1.29, 1.82) is 0 Å². The van der Waals surface area contributed by atoms with Crippen LogP contribution in [0.3, 0.4) is 0 Å². The molecular weight excluding hydrogens is 402 g/mol. The number of nitrogens with one attached hydrogen (secondary N) is 3. The van der Waals surface area contributed by atoms with Gasteiger partial charge < -0.3 is 16.0 Å². The van der Waals surface area contributed by atoms with Crippen LogP contribution in [0.25, 0.3) is 22.2 Å². The Morgan fingerprint density at radius 1 is 1.13 bits per heavy atom. The highest BCUT2D eigenvalue weighted by Gasteiger charge is 2.17. The Morgan fingerprint density at radius 3 is 2.55 bits per heavy atom. The first-order chi connectivity index (χ1) is 14.6. The topological polar surface area (TPSA) is 91.8 Å². The molecule has 1 aromatic carbocycles. The lowest BCUT2D eigenvalue weighted by molar-refractivity contribution is 0.200. The van der Waals surface area contributed by atoms with Crippen molar-refractivity contribution in [3.05, 3.63) is 41.5 Å². The van der Waals surface area contributed by atoms with Gasteiger partial charge >= 0.3 is 6.03 Å². The maximum atomic E-state index is 14.5. The number of halogens is 2. The number of pyridine rings is 1. The van der Waals surface area contributed by atoms with E-state index in [1.54, 1.807) is 26.2 Å². The summed E-state index contributed by atoms with van der Waals surface area (Å²) in [4.78, 5) is 25.3. The van der Waals surface area contributed by atoms with Crippen molar-refractivity contribution in [3.8, 4) is 11.1 Å². The molecule has 0 fully saturated rings. The van der Waals surface area contributed by atoms with Gasteiger partial charge in [-0.05, 0) is 63.4 Å². The molecule has 3 rings (SSSR count). The number of aryl methyl sites for hydroxylation is 2. The first-order valence-corrected chi connectivity index (χ1v) is 9.94. The molecule has 0 bridgehead atoms. The van der Waals surface area contributed by atoms with Crippen LogP contribution < -0.4 is 16.0 Å². The van der Waals surface area contributed by atoms with Crippen molar-refractivity contribution in [2.75, 3.05) is 24.2 Å². The molecule has 0 radical (unpaired) electrons. The Bertz CT molecular complexity index is 1130. The van der Waals surface area contributed by atoms with E-state index in [-0.39, 0.29) is 18.7 Å². The zero-order valence-electron chi connectivity index (χ0n) is 18.2. The highest BCUT2D eigenvalue weighted by molar-refractivity contribution is 5.91. The van der Waals surface area contributed by atoms with Gasteiger partial charge in [0.2, 0.25) is 5.95 Å². The first kappa shape index (κ1) is 22.3. The van der Waals surface area contributed by atoms with Gasteiger partial charge in [-0.1, -0.05) is 0 Å². The molecule has 9 heteroatoms. The smallest absolute Gasteiger partial charge is 0.319 e. The Hall–Kier alpha value is -3.36. The lowest BCUT2D eigenvalue weighted by Gasteiger charge is -2.16. The second-order valence-corrected chi connectivity index (χ2v) is 7.97. The zero-order chi connectivity index (χ0) is 22.8. The average Bonchev–Trinajstić information content (AvgIpc) is 2.68. The molecule has 2 heterocycles. The fraction of sp³-hybridized carbons (Fsp3) is 0.364. The summed E-state index contributed by atoms with van der Waals surface area (Å²) in [7, 11) is 1.73. The van der Waals surface area contributed by atoms with E-state index < -0.39 is 17.5 Å². The van der Waals surface area contributed by atoms with Gasteiger partial charge in [0, 0.05) is 36.4 Å². The third-order valence-corrected chi connectivity index (χ3v) is 4.84. The Morgan fingerprint density at radius 2 is 1.87 bits per heavy atom. The number of nitrogens with zero attached hydrogens (tertiary/aromatic N) is 3. The molecule has 7 nitrogen and oxygen atoms in total. The van der Waals surface area contributed by atoms with Gasteiger partial charge in [-0.25, -0.2) is 23.5 Å². The molecule has 2 aromatic heterocycles. The van der Waals surface area contributed by atoms with E-state index in [1.807, 2.05) is 13.0 Å². The number of amides is 2. The van der Waals surface area contributed by atoms with Crippen LogP contribution in [-0.2, 0) is 0 Å². The van der Waals surface area contributed by atoms with Crippen LogP contribution in [0.1, 0.15) is 31.5 Å². The maximum absolute atomic E-state index is 14.5. The molecule has 31 heavy (non-hydrogen) atoms. The van der Waals surface area contributed by atoms with Crippen molar-refractivity contribution in [2.45, 2.75) is 39.8 Å². The zero-order valence-corrected chi connectivity index (χ0v) is 18.2. The molecule has 164 valence electrons. The van der Waals surface area contributed by atoms with Gasteiger partial charge in [0.1, 0.15) is 11.5 Å². The van der Waals surface area contributed by atoms with Crippen LogP contribution in [0.15, 0.2) is 24.4 Å². The summed E-state index contributed by atoms with van der Waals surface area (Å²) in [5.74, 6) is -0.0885. The normalized spacial score (nSPS) is 11.5. The molecule has 0 unspecified atom stereocenters. The number of benzene rings is 1. The largest absolute Gasteiger partial charge is 0.357 e. The summed E-state index contributed by atoms with van der Waals surface area (Å²) in [6.07, 6.45) is 1.82. The number of aromatic nitrogens is 3. The molecule has 3 aromatic rings. The number of hydrogen-bond donors (Lipinski definition) is 3. The van der Waals surface area contributed by atoms with Crippen LogP contribution in [0.4, 0.5) is 25.2 Å². The number of rotatable bonds is 6. The SMILES string of the molecule is CNc1ncc2cc(-c3cc(NC(=O)NCCC(C)(C)F)c(F)cc3C)c(C)nc2n1. The Kier molecular flexibility index (Phi) is 6.33. The predicted octanol–water partition coefficient (Wildman–Crippen LogP) is 4.75. The predicted molar refractivity (Wildman–Crippen MR) is 119 cm³/mol. The quantitative estimate of drug-likeness (QED) is 0.527. The highest BCUT2D eigenvalue weighted by Crippen LogP contribution is 2.32. The van der Waals surface area contributed by atoms with E-state index >= 15 is 0 Å². The van der Waals surface area contributed by atoms with E-state index in [0.717, 1.165) is 16.5 Å². The van der Waals surface area contributed by atoms with E-state index in [4.69, 9.17) is 0 Å². The van der Waals surface area contributed by atoms with Gasteiger partial charge in [-0.3, -0.25) is 0 Å². The highest BCUT2D eigenvalue weighted by atomic mass is 19.1. The minimum absolute atomic E-state index is 0.0267. The second kappa shape index (κ2) is 8.79.